The Labute approximate surface area is 260 Å². The summed E-state index contributed by atoms with van der Waals surface area (Å²) in [4.78, 5) is 35.6. The van der Waals surface area contributed by atoms with Crippen LogP contribution in [0.4, 0.5) is 0 Å². The molecule has 1 amide bonds. The van der Waals surface area contributed by atoms with Crippen molar-refractivity contribution in [2.45, 2.75) is 13.8 Å². The number of pyridine rings is 1. The molecule has 224 valence electrons. The molecule has 2 aromatic carbocycles. The molecule has 0 radical (unpaired) electrons. The fourth-order valence-corrected chi connectivity index (χ4v) is 5.61. The van der Waals surface area contributed by atoms with E-state index in [1.54, 1.807) is 36.0 Å². The van der Waals surface area contributed by atoms with Gasteiger partial charge in [-0.3, -0.25) is 18.9 Å². The number of carbonyl (C=O) groups excluding carboxylic acids is 1. The summed E-state index contributed by atoms with van der Waals surface area (Å²) in [6.45, 7) is 7.27. The van der Waals surface area contributed by atoms with E-state index in [0.717, 1.165) is 31.0 Å². The predicted molar refractivity (Wildman–Crippen MR) is 172 cm³/mol. The molecule has 5 aromatic rings. The number of hydrogen-bond donors (Lipinski definition) is 0. The van der Waals surface area contributed by atoms with Gasteiger partial charge in [0.2, 0.25) is 0 Å². The van der Waals surface area contributed by atoms with Gasteiger partial charge in [0.25, 0.3) is 11.5 Å². The van der Waals surface area contributed by atoms with E-state index in [0.29, 0.717) is 46.5 Å². The fourth-order valence-electron chi connectivity index (χ4n) is 5.43. The molecule has 1 aliphatic rings. The fraction of sp³-hybridized carbons (Fsp3) is 0.235. The number of ether oxygens (including phenoxy) is 1. The monoisotopic (exact) mass is 608 g/mol. The molecule has 3 aromatic heterocycles. The normalized spacial score (nSPS) is 14.0. The Bertz CT molecular complexity index is 1890. The number of carbonyl (C=O) groups is 1. The maximum atomic E-state index is 13.7. The first kappa shape index (κ1) is 29.3. The molecule has 6 rings (SSSR count). The molecule has 44 heavy (non-hydrogen) atoms. The number of fused-ring (bicyclic) bond motifs is 1. The first-order valence-electron chi connectivity index (χ1n) is 14.6. The topological polar surface area (TPSA) is 85.0 Å². The van der Waals surface area contributed by atoms with Gasteiger partial charge in [-0.15, -0.1) is 0 Å². The van der Waals surface area contributed by atoms with E-state index in [1.165, 1.54) is 9.96 Å². The molecular weight excluding hydrogens is 576 g/mol. The Hall–Kier alpha value is -4.73. The molecule has 0 unspecified atom stereocenters. The summed E-state index contributed by atoms with van der Waals surface area (Å²) in [5.41, 5.74) is 4.35. The molecule has 0 spiro atoms. The van der Waals surface area contributed by atoms with Crippen molar-refractivity contribution < 1.29 is 9.53 Å². The average molecular weight is 609 g/mol. The minimum Gasteiger partial charge on any atom is -0.480 e. The van der Waals surface area contributed by atoms with Gasteiger partial charge in [0.1, 0.15) is 5.69 Å². The summed E-state index contributed by atoms with van der Waals surface area (Å²) in [6, 6.07) is 22.9. The van der Waals surface area contributed by atoms with E-state index in [9.17, 15) is 9.59 Å². The van der Waals surface area contributed by atoms with E-state index < -0.39 is 0 Å². The number of amides is 1. The van der Waals surface area contributed by atoms with Crippen LogP contribution in [0.15, 0.2) is 89.9 Å². The molecule has 1 aliphatic heterocycles. The third kappa shape index (κ3) is 6.29. The van der Waals surface area contributed by atoms with E-state index in [4.69, 9.17) is 26.4 Å². The van der Waals surface area contributed by atoms with Crippen molar-refractivity contribution in [1.29, 1.82) is 0 Å². The smallest absolute Gasteiger partial charge is 0.267 e. The third-order valence-corrected chi connectivity index (χ3v) is 7.98. The van der Waals surface area contributed by atoms with Crippen molar-refractivity contribution in [3.05, 3.63) is 117 Å². The van der Waals surface area contributed by atoms with Gasteiger partial charge in [0.15, 0.2) is 18.0 Å². The summed E-state index contributed by atoms with van der Waals surface area (Å²) >= 11 is 6.19. The quantitative estimate of drug-likeness (QED) is 0.245. The first-order chi connectivity index (χ1) is 21.4. The standard InChI is InChI=1S/C34H33ClN6O3/c1-24-21-29(37-41(24)28-13-6-12-27(35)22-28)32-25(2)36-33-30(14-8-16-40(33)34(32)43)44-23-31(42)39-19-17-38(18-20-39)15-7-11-26-9-4-3-5-10-26/h3-14,16,21-22H,15,17-20,23H2,1-2H3/b11-7+. The van der Waals surface area contributed by atoms with E-state index in [2.05, 4.69) is 29.2 Å². The van der Waals surface area contributed by atoms with Crippen molar-refractivity contribution >= 4 is 29.2 Å². The molecular formula is C34H33ClN6O3. The number of halogens is 1. The van der Waals surface area contributed by atoms with Crippen LogP contribution < -0.4 is 10.3 Å². The zero-order valence-electron chi connectivity index (χ0n) is 24.7. The third-order valence-electron chi connectivity index (χ3n) is 7.75. The molecule has 1 fully saturated rings. The highest BCUT2D eigenvalue weighted by molar-refractivity contribution is 6.30. The highest BCUT2D eigenvalue weighted by atomic mass is 35.5. The molecule has 0 atom stereocenters. The van der Waals surface area contributed by atoms with Gasteiger partial charge in [0.05, 0.1) is 16.9 Å². The number of aromatic nitrogens is 4. The Morgan fingerprint density at radius 2 is 1.77 bits per heavy atom. The molecule has 4 heterocycles. The maximum absolute atomic E-state index is 13.7. The van der Waals surface area contributed by atoms with Gasteiger partial charge in [-0.2, -0.15) is 5.10 Å². The minimum absolute atomic E-state index is 0.0933. The average Bonchev–Trinajstić information content (AvgIpc) is 3.41. The molecule has 10 heteroatoms. The Morgan fingerprint density at radius 3 is 2.55 bits per heavy atom. The summed E-state index contributed by atoms with van der Waals surface area (Å²) in [5, 5.41) is 5.31. The largest absolute Gasteiger partial charge is 0.480 e. The van der Waals surface area contributed by atoms with Crippen LogP contribution in [-0.4, -0.2) is 74.2 Å². The van der Waals surface area contributed by atoms with Crippen molar-refractivity contribution in [2.24, 2.45) is 0 Å². The van der Waals surface area contributed by atoms with Gasteiger partial charge >= 0.3 is 0 Å². The summed E-state index contributed by atoms with van der Waals surface area (Å²) in [7, 11) is 0. The van der Waals surface area contributed by atoms with Gasteiger partial charge in [-0.05, 0) is 55.8 Å². The van der Waals surface area contributed by atoms with Gasteiger partial charge < -0.3 is 9.64 Å². The number of hydrogen-bond acceptors (Lipinski definition) is 6. The molecule has 0 aliphatic carbocycles. The molecule has 0 bridgehead atoms. The van der Waals surface area contributed by atoms with Crippen molar-refractivity contribution in [3.63, 3.8) is 0 Å². The summed E-state index contributed by atoms with van der Waals surface area (Å²) in [6.07, 6.45) is 5.92. The van der Waals surface area contributed by atoms with Crippen LogP contribution in [0.1, 0.15) is 17.0 Å². The number of benzene rings is 2. The Balaban J connectivity index is 1.13. The van der Waals surface area contributed by atoms with Crippen LogP contribution in [0.5, 0.6) is 5.75 Å². The second-order valence-corrected chi connectivity index (χ2v) is 11.2. The van der Waals surface area contributed by atoms with Crippen LogP contribution in [-0.2, 0) is 4.79 Å². The highest BCUT2D eigenvalue weighted by Gasteiger charge is 2.22. The zero-order valence-corrected chi connectivity index (χ0v) is 25.4. The van der Waals surface area contributed by atoms with Crippen LogP contribution in [0.2, 0.25) is 5.02 Å². The lowest BCUT2D eigenvalue weighted by Crippen LogP contribution is -2.49. The first-order valence-corrected chi connectivity index (χ1v) is 14.9. The van der Waals surface area contributed by atoms with Crippen LogP contribution >= 0.6 is 11.6 Å². The van der Waals surface area contributed by atoms with E-state index in [1.807, 2.05) is 54.3 Å². The second kappa shape index (κ2) is 12.9. The summed E-state index contributed by atoms with van der Waals surface area (Å²) < 4.78 is 9.15. The van der Waals surface area contributed by atoms with Gasteiger partial charge in [0, 0.05) is 49.6 Å². The summed E-state index contributed by atoms with van der Waals surface area (Å²) in [5.74, 6) is 0.280. The number of aryl methyl sites for hydroxylation is 2. The van der Waals surface area contributed by atoms with Gasteiger partial charge in [-0.25, -0.2) is 9.67 Å². The van der Waals surface area contributed by atoms with E-state index >= 15 is 0 Å². The lowest BCUT2D eigenvalue weighted by Gasteiger charge is -2.34. The predicted octanol–water partition coefficient (Wildman–Crippen LogP) is 5.05. The second-order valence-electron chi connectivity index (χ2n) is 10.8. The van der Waals surface area contributed by atoms with Crippen LogP contribution in [0.25, 0.3) is 28.7 Å². The van der Waals surface area contributed by atoms with Crippen molar-refractivity contribution in [1.82, 2.24) is 29.0 Å². The van der Waals surface area contributed by atoms with Crippen molar-refractivity contribution in [3.8, 4) is 22.7 Å². The lowest BCUT2D eigenvalue weighted by molar-refractivity contribution is -0.135. The number of nitrogens with zero attached hydrogens (tertiary/aromatic N) is 6. The molecule has 0 saturated carbocycles. The minimum atomic E-state index is -0.266. The van der Waals surface area contributed by atoms with E-state index in [-0.39, 0.29) is 18.1 Å². The Kier molecular flexibility index (Phi) is 8.58. The molecule has 0 N–H and O–H groups in total. The Morgan fingerprint density at radius 1 is 0.977 bits per heavy atom. The van der Waals surface area contributed by atoms with Crippen LogP contribution in [0.3, 0.4) is 0 Å². The molecule has 1 saturated heterocycles. The lowest BCUT2D eigenvalue weighted by atomic mass is 10.1. The number of rotatable bonds is 8. The number of piperazine rings is 1. The zero-order chi connectivity index (χ0) is 30.6. The maximum Gasteiger partial charge on any atom is 0.267 e. The highest BCUT2D eigenvalue weighted by Crippen LogP contribution is 2.25. The van der Waals surface area contributed by atoms with Crippen molar-refractivity contribution in [2.75, 3.05) is 39.3 Å². The van der Waals surface area contributed by atoms with Gasteiger partial charge in [-0.1, -0.05) is 60.2 Å². The molecule has 9 nitrogen and oxygen atoms in total. The van der Waals surface area contributed by atoms with Crippen LogP contribution in [0, 0.1) is 13.8 Å². The SMILES string of the molecule is Cc1nc2c(OCC(=O)N3CCN(C/C=C/c4ccccc4)CC3)cccn2c(=O)c1-c1cc(C)n(-c2cccc(Cl)c2)n1.